The van der Waals surface area contributed by atoms with Crippen molar-refractivity contribution in [2.24, 2.45) is 0 Å². The topological polar surface area (TPSA) is 87.9 Å². The van der Waals surface area contributed by atoms with E-state index in [2.05, 4.69) is 21.0 Å². The highest BCUT2D eigenvalue weighted by molar-refractivity contribution is 6.30. The van der Waals surface area contributed by atoms with E-state index in [0.29, 0.717) is 18.0 Å². The average Bonchev–Trinajstić information content (AvgIpc) is 3.22. The number of H-pyrrole nitrogens is 1. The lowest BCUT2D eigenvalue weighted by atomic mass is 9.89. The molecule has 1 aliphatic heterocycles. The normalized spacial score (nSPS) is 16.4. The molecule has 1 atom stereocenters. The molecule has 5 rings (SSSR count). The summed E-state index contributed by atoms with van der Waals surface area (Å²) in [7, 11) is 0. The number of hydrogen-bond acceptors (Lipinski definition) is 4. The van der Waals surface area contributed by atoms with Crippen LogP contribution in [0.5, 0.6) is 0 Å². The van der Waals surface area contributed by atoms with Crippen molar-refractivity contribution in [3.8, 4) is 11.1 Å². The molecule has 162 valence electrons. The fraction of sp³-hybridized carbons (Fsp3) is 0.240. The number of nitrogens with zero attached hydrogens (tertiary/aromatic N) is 3. The van der Waals surface area contributed by atoms with Crippen LogP contribution in [0.15, 0.2) is 60.9 Å². The van der Waals surface area contributed by atoms with E-state index in [4.69, 9.17) is 17.3 Å². The molecule has 6 nitrogen and oxygen atoms in total. The van der Waals surface area contributed by atoms with E-state index in [1.54, 1.807) is 6.20 Å². The van der Waals surface area contributed by atoms with Crippen LogP contribution < -0.4 is 5.73 Å². The first kappa shape index (κ1) is 20.5. The van der Waals surface area contributed by atoms with Crippen molar-refractivity contribution in [3.63, 3.8) is 0 Å². The van der Waals surface area contributed by atoms with Gasteiger partial charge in [-0.25, -0.2) is 9.97 Å². The number of para-hydroxylation sites is 1. The second kappa shape index (κ2) is 8.63. The predicted molar refractivity (Wildman–Crippen MR) is 127 cm³/mol. The summed E-state index contributed by atoms with van der Waals surface area (Å²) in [5, 5.41) is 1.78. The molecule has 0 bridgehead atoms. The van der Waals surface area contributed by atoms with Crippen LogP contribution in [-0.4, -0.2) is 38.8 Å². The molecule has 0 aliphatic carbocycles. The van der Waals surface area contributed by atoms with E-state index >= 15 is 0 Å². The zero-order chi connectivity index (χ0) is 22.1. The Morgan fingerprint density at radius 3 is 2.84 bits per heavy atom. The Kier molecular flexibility index (Phi) is 5.53. The van der Waals surface area contributed by atoms with E-state index in [-0.39, 0.29) is 17.8 Å². The smallest absolute Gasteiger partial charge is 0.227 e. The molecule has 0 radical (unpaired) electrons. The molecule has 7 heteroatoms. The van der Waals surface area contributed by atoms with E-state index in [1.807, 2.05) is 53.6 Å². The van der Waals surface area contributed by atoms with Crippen LogP contribution >= 0.6 is 11.6 Å². The molecule has 4 aromatic rings. The van der Waals surface area contributed by atoms with Crippen molar-refractivity contribution in [3.05, 3.63) is 77.2 Å². The maximum absolute atomic E-state index is 13.2. The van der Waals surface area contributed by atoms with Gasteiger partial charge in [-0.2, -0.15) is 0 Å². The van der Waals surface area contributed by atoms with Gasteiger partial charge in [0.25, 0.3) is 0 Å². The minimum atomic E-state index is 0.103. The fourth-order valence-corrected chi connectivity index (χ4v) is 4.68. The molecule has 0 unspecified atom stereocenters. The number of nitrogens with two attached hydrogens (primary N) is 1. The highest BCUT2D eigenvalue weighted by Crippen LogP contribution is 2.34. The maximum atomic E-state index is 13.2. The van der Waals surface area contributed by atoms with E-state index < -0.39 is 0 Å². The molecule has 1 amide bonds. The largest absolute Gasteiger partial charge is 0.368 e. The number of rotatable bonds is 4. The molecule has 1 aliphatic rings. The lowest BCUT2D eigenvalue weighted by Crippen LogP contribution is -2.40. The lowest BCUT2D eigenvalue weighted by molar-refractivity contribution is -0.131. The quantitative estimate of drug-likeness (QED) is 0.472. The van der Waals surface area contributed by atoms with Crippen molar-refractivity contribution < 1.29 is 4.79 Å². The molecule has 3 N–H and O–H groups in total. The second-order valence-corrected chi connectivity index (χ2v) is 8.69. The number of aromatic nitrogens is 3. The minimum Gasteiger partial charge on any atom is -0.368 e. The molecule has 0 spiro atoms. The number of anilines is 1. The summed E-state index contributed by atoms with van der Waals surface area (Å²) < 4.78 is 0. The summed E-state index contributed by atoms with van der Waals surface area (Å²) in [6.07, 6.45) is 5.97. The first-order chi connectivity index (χ1) is 15.6. The van der Waals surface area contributed by atoms with Gasteiger partial charge >= 0.3 is 0 Å². The Bertz CT molecular complexity index is 1270. The molecular formula is C25H24ClN5O. The molecule has 0 saturated carbocycles. The summed E-state index contributed by atoms with van der Waals surface area (Å²) in [6, 6.07) is 15.7. The summed E-state index contributed by atoms with van der Waals surface area (Å²) >= 11 is 6.06. The summed E-state index contributed by atoms with van der Waals surface area (Å²) in [6.45, 7) is 1.38. The highest BCUT2D eigenvalue weighted by Gasteiger charge is 2.28. The second-order valence-electron chi connectivity index (χ2n) is 8.25. The number of piperidine rings is 1. The monoisotopic (exact) mass is 445 g/mol. The minimum absolute atomic E-state index is 0.103. The Hall–Kier alpha value is -3.38. The van der Waals surface area contributed by atoms with Crippen molar-refractivity contribution in [1.82, 2.24) is 19.9 Å². The molecular weight excluding hydrogens is 422 g/mol. The number of aromatic amines is 1. The average molecular weight is 446 g/mol. The van der Waals surface area contributed by atoms with Gasteiger partial charge in [0.15, 0.2) is 0 Å². The Morgan fingerprint density at radius 1 is 1.19 bits per heavy atom. The predicted octanol–water partition coefficient (Wildman–Crippen LogP) is 4.81. The van der Waals surface area contributed by atoms with Gasteiger partial charge in [-0.15, -0.1) is 0 Å². The van der Waals surface area contributed by atoms with Crippen molar-refractivity contribution >= 4 is 34.4 Å². The number of nitrogens with one attached hydrogen (secondary N) is 1. The number of fused-ring (bicyclic) bond motifs is 1. The van der Waals surface area contributed by atoms with Gasteiger partial charge in [-0.3, -0.25) is 4.79 Å². The number of benzene rings is 2. The van der Waals surface area contributed by atoms with Gasteiger partial charge in [-0.05, 0) is 42.2 Å². The third-order valence-electron chi connectivity index (χ3n) is 6.17. The lowest BCUT2D eigenvalue weighted by Gasteiger charge is -2.33. The fourth-order valence-electron chi connectivity index (χ4n) is 4.55. The Morgan fingerprint density at radius 2 is 2.00 bits per heavy atom. The third-order valence-corrected chi connectivity index (χ3v) is 6.42. The van der Waals surface area contributed by atoms with E-state index in [0.717, 1.165) is 52.7 Å². The Labute approximate surface area is 191 Å². The van der Waals surface area contributed by atoms with E-state index in [9.17, 15) is 4.79 Å². The molecule has 2 aromatic carbocycles. The van der Waals surface area contributed by atoms with Crippen LogP contribution in [0.3, 0.4) is 0 Å². The number of carbonyl (C=O) groups is 1. The van der Waals surface area contributed by atoms with Gasteiger partial charge in [0.1, 0.15) is 0 Å². The first-order valence-corrected chi connectivity index (χ1v) is 11.2. The van der Waals surface area contributed by atoms with Crippen molar-refractivity contribution in [2.45, 2.75) is 25.2 Å². The number of nitrogen functional groups attached to an aromatic ring is 1. The zero-order valence-electron chi connectivity index (χ0n) is 17.6. The van der Waals surface area contributed by atoms with Gasteiger partial charge < -0.3 is 15.6 Å². The summed E-state index contributed by atoms with van der Waals surface area (Å²) in [5.41, 5.74) is 10.8. The Balaban J connectivity index is 1.38. The summed E-state index contributed by atoms with van der Waals surface area (Å²) in [5.74, 6) is 0.487. The first-order valence-electron chi connectivity index (χ1n) is 10.8. The molecule has 1 fully saturated rings. The van der Waals surface area contributed by atoms with Crippen LogP contribution in [-0.2, 0) is 11.2 Å². The molecule has 2 aromatic heterocycles. The number of hydrogen-bond donors (Lipinski definition) is 2. The van der Waals surface area contributed by atoms with Crippen molar-refractivity contribution in [2.75, 3.05) is 18.8 Å². The highest BCUT2D eigenvalue weighted by atomic mass is 35.5. The van der Waals surface area contributed by atoms with Crippen LogP contribution in [0.25, 0.3) is 22.0 Å². The van der Waals surface area contributed by atoms with Crippen LogP contribution in [0.1, 0.15) is 30.0 Å². The third kappa shape index (κ3) is 4.06. The number of carbonyl (C=O) groups excluding carboxylic acids is 1. The maximum Gasteiger partial charge on any atom is 0.227 e. The molecule has 3 heterocycles. The van der Waals surface area contributed by atoms with Gasteiger partial charge in [0.05, 0.1) is 12.1 Å². The van der Waals surface area contributed by atoms with Crippen LogP contribution in [0.2, 0.25) is 5.02 Å². The number of likely N-dealkylation sites (tertiary alicyclic amines) is 1. The van der Waals surface area contributed by atoms with Gasteiger partial charge in [-0.1, -0.05) is 41.9 Å². The van der Waals surface area contributed by atoms with Crippen molar-refractivity contribution in [1.29, 1.82) is 0 Å². The number of halogens is 1. The molecule has 32 heavy (non-hydrogen) atoms. The molecule has 1 saturated heterocycles. The SMILES string of the molecule is Nc1ncc(-c2ccc(Cl)cc2)c([C@@H]2CCCN(C(=O)Cc3c[nH]c4ccccc34)C2)n1. The van der Waals surface area contributed by atoms with Gasteiger partial charge in [0.2, 0.25) is 11.9 Å². The standard InChI is InChI=1S/C25H24ClN5O/c26-19-9-7-16(8-10-19)21-14-29-25(27)30-24(21)17-4-3-11-31(15-17)23(32)12-18-13-28-22-6-2-1-5-20(18)22/h1-2,5-10,13-14,17,28H,3-4,11-12,15H2,(H2,27,29,30)/t17-/m1/s1. The van der Waals surface area contributed by atoms with Gasteiger partial charge in [0, 0.05) is 52.9 Å². The van der Waals surface area contributed by atoms with Crippen LogP contribution in [0.4, 0.5) is 5.95 Å². The van der Waals surface area contributed by atoms with Crippen LogP contribution in [0, 0.1) is 0 Å². The number of amides is 1. The van der Waals surface area contributed by atoms with E-state index in [1.165, 1.54) is 0 Å². The zero-order valence-corrected chi connectivity index (χ0v) is 18.3. The summed E-state index contributed by atoms with van der Waals surface area (Å²) in [4.78, 5) is 27.2.